The molecule has 8 heteroatoms. The molecule has 1 fully saturated rings. The molecule has 0 unspecified atom stereocenters. The van der Waals surface area contributed by atoms with E-state index >= 15 is 0 Å². The van der Waals surface area contributed by atoms with Crippen LogP contribution in [0.5, 0.6) is 5.75 Å². The third kappa shape index (κ3) is 5.01. The monoisotopic (exact) mass is 457 g/mol. The number of rotatable bonds is 6. The molecule has 2 aromatic carbocycles. The zero-order valence-electron chi connectivity index (χ0n) is 17.2. The number of ether oxygens (including phenoxy) is 1. The highest BCUT2D eigenvalue weighted by Gasteiger charge is 2.36. The maximum absolute atomic E-state index is 12.9. The smallest absolute Gasteiger partial charge is 0.273 e. The molecule has 0 radical (unpaired) electrons. The van der Waals surface area contributed by atoms with Gasteiger partial charge in [0, 0.05) is 30.0 Å². The molecule has 162 valence electrons. The van der Waals surface area contributed by atoms with E-state index in [1.807, 2.05) is 36.4 Å². The highest BCUT2D eigenvalue weighted by atomic mass is 35.5. The van der Waals surface area contributed by atoms with Gasteiger partial charge in [-0.2, -0.15) is 0 Å². The summed E-state index contributed by atoms with van der Waals surface area (Å²) < 4.78 is 5.17. The van der Waals surface area contributed by atoms with Crippen molar-refractivity contribution in [2.75, 3.05) is 25.5 Å². The van der Waals surface area contributed by atoms with Gasteiger partial charge < -0.3 is 20.1 Å². The Morgan fingerprint density at radius 2 is 1.87 bits per heavy atom. The topological polar surface area (TPSA) is 74.7 Å². The summed E-state index contributed by atoms with van der Waals surface area (Å²) in [6.45, 7) is 1.57. The second-order valence-corrected chi connectivity index (χ2v) is 8.86. The Hall–Kier alpha value is -2.61. The fraction of sp³-hybridized carbons (Fsp3) is 0.304. The highest BCUT2D eigenvalue weighted by molar-refractivity contribution is 7.13. The van der Waals surface area contributed by atoms with Crippen LogP contribution in [0.1, 0.15) is 34.5 Å². The Labute approximate surface area is 190 Å². The molecule has 1 aliphatic heterocycles. The van der Waals surface area contributed by atoms with E-state index in [0.717, 1.165) is 16.9 Å². The molecular formula is C23H24ClN3O3S. The third-order valence-corrected chi connectivity index (χ3v) is 6.64. The number of likely N-dealkylation sites (tertiary alicyclic amines) is 1. The maximum atomic E-state index is 12.9. The Morgan fingerprint density at radius 3 is 2.52 bits per heavy atom. The number of nitrogens with one attached hydrogen (secondary N) is 1. The van der Waals surface area contributed by atoms with Crippen molar-refractivity contribution < 1.29 is 14.6 Å². The number of carbonyl (C=O) groups is 1. The van der Waals surface area contributed by atoms with Gasteiger partial charge in [0.05, 0.1) is 12.7 Å². The van der Waals surface area contributed by atoms with Crippen molar-refractivity contribution in [1.82, 2.24) is 9.88 Å². The van der Waals surface area contributed by atoms with Gasteiger partial charge in [0.2, 0.25) is 0 Å². The van der Waals surface area contributed by atoms with Crippen molar-refractivity contribution in [3.05, 3.63) is 75.8 Å². The predicted molar refractivity (Wildman–Crippen MR) is 123 cm³/mol. The van der Waals surface area contributed by atoms with Crippen LogP contribution < -0.4 is 10.1 Å². The Bertz CT molecular complexity index is 1030. The third-order valence-electron chi connectivity index (χ3n) is 5.59. The van der Waals surface area contributed by atoms with Gasteiger partial charge in [-0.15, -0.1) is 11.3 Å². The second-order valence-electron chi connectivity index (χ2n) is 7.57. The fourth-order valence-corrected chi connectivity index (χ4v) is 4.47. The minimum atomic E-state index is -0.936. The molecule has 1 amide bonds. The Morgan fingerprint density at radius 1 is 1.19 bits per heavy atom. The Kier molecular flexibility index (Phi) is 6.46. The first kappa shape index (κ1) is 21.6. The van der Waals surface area contributed by atoms with Crippen molar-refractivity contribution in [1.29, 1.82) is 0 Å². The van der Waals surface area contributed by atoms with Gasteiger partial charge >= 0.3 is 0 Å². The van der Waals surface area contributed by atoms with E-state index in [2.05, 4.69) is 10.3 Å². The second kappa shape index (κ2) is 9.26. The van der Waals surface area contributed by atoms with Crippen LogP contribution in [0.2, 0.25) is 5.02 Å². The molecule has 6 nitrogen and oxygen atoms in total. The molecule has 2 heterocycles. The lowest BCUT2D eigenvalue weighted by Crippen LogP contribution is -2.45. The van der Waals surface area contributed by atoms with Crippen molar-refractivity contribution in [2.45, 2.75) is 25.0 Å². The van der Waals surface area contributed by atoms with Crippen LogP contribution in [0.15, 0.2) is 53.9 Å². The van der Waals surface area contributed by atoms with E-state index in [1.54, 1.807) is 29.5 Å². The standard InChI is InChI=1S/C23H24ClN3O3S/c1-30-19-8-2-16(3-9-19)14-25-22-26-20(15-31-22)21(28)27-12-10-23(29,11-13-27)17-4-6-18(24)7-5-17/h2-9,15,29H,10-14H2,1H3,(H,25,26). The average Bonchev–Trinajstić information content (AvgIpc) is 3.27. The summed E-state index contributed by atoms with van der Waals surface area (Å²) in [5.41, 5.74) is 1.43. The van der Waals surface area contributed by atoms with Crippen LogP contribution in [0.3, 0.4) is 0 Å². The van der Waals surface area contributed by atoms with Crippen LogP contribution in [0.25, 0.3) is 0 Å². The molecule has 1 aromatic heterocycles. The molecule has 0 aliphatic carbocycles. The van der Waals surface area contributed by atoms with Crippen LogP contribution >= 0.6 is 22.9 Å². The van der Waals surface area contributed by atoms with Crippen molar-refractivity contribution in [3.63, 3.8) is 0 Å². The molecule has 0 bridgehead atoms. The summed E-state index contributed by atoms with van der Waals surface area (Å²) in [7, 11) is 1.64. The van der Waals surface area contributed by atoms with Gasteiger partial charge in [-0.05, 0) is 48.2 Å². The zero-order chi connectivity index (χ0) is 21.8. The predicted octanol–water partition coefficient (Wildman–Crippen LogP) is 4.54. The summed E-state index contributed by atoms with van der Waals surface area (Å²) in [6.07, 6.45) is 0.959. The van der Waals surface area contributed by atoms with E-state index in [1.165, 1.54) is 11.3 Å². The van der Waals surface area contributed by atoms with E-state index < -0.39 is 5.60 Å². The SMILES string of the molecule is COc1ccc(CNc2nc(C(=O)N3CCC(O)(c4ccc(Cl)cc4)CC3)cs2)cc1. The van der Waals surface area contributed by atoms with Crippen LogP contribution in [-0.4, -0.2) is 41.1 Å². The number of anilines is 1. The van der Waals surface area contributed by atoms with E-state index in [9.17, 15) is 9.90 Å². The molecule has 1 aliphatic rings. The average molecular weight is 458 g/mol. The number of thiazole rings is 1. The number of aliphatic hydroxyl groups is 1. The molecule has 0 atom stereocenters. The quantitative estimate of drug-likeness (QED) is 0.568. The van der Waals surface area contributed by atoms with Crippen molar-refractivity contribution in [2.24, 2.45) is 0 Å². The van der Waals surface area contributed by atoms with Gasteiger partial charge in [-0.3, -0.25) is 4.79 Å². The lowest BCUT2D eigenvalue weighted by Gasteiger charge is -2.38. The first-order valence-electron chi connectivity index (χ1n) is 10.1. The summed E-state index contributed by atoms with van der Waals surface area (Å²) >= 11 is 7.36. The summed E-state index contributed by atoms with van der Waals surface area (Å²) in [6, 6.07) is 15.1. The van der Waals surface area contributed by atoms with Crippen LogP contribution in [0.4, 0.5) is 5.13 Å². The fourth-order valence-electron chi connectivity index (χ4n) is 3.66. The molecule has 3 aromatic rings. The van der Waals surface area contributed by atoms with E-state index in [-0.39, 0.29) is 5.91 Å². The molecule has 1 saturated heterocycles. The number of amides is 1. The number of carbonyl (C=O) groups excluding carboxylic acids is 1. The molecule has 0 saturated carbocycles. The minimum absolute atomic E-state index is 0.105. The van der Waals surface area contributed by atoms with E-state index in [4.69, 9.17) is 16.3 Å². The van der Waals surface area contributed by atoms with Gasteiger partial charge in [-0.25, -0.2) is 4.98 Å². The molecule has 0 spiro atoms. The molecule has 2 N–H and O–H groups in total. The number of halogens is 1. The molecular weight excluding hydrogens is 434 g/mol. The van der Waals surface area contributed by atoms with Gasteiger partial charge in [0.15, 0.2) is 5.13 Å². The largest absolute Gasteiger partial charge is 0.497 e. The normalized spacial score (nSPS) is 15.5. The lowest BCUT2D eigenvalue weighted by molar-refractivity contribution is -0.0212. The summed E-state index contributed by atoms with van der Waals surface area (Å²) in [5.74, 6) is 0.710. The minimum Gasteiger partial charge on any atom is -0.497 e. The number of nitrogens with zero attached hydrogens (tertiary/aromatic N) is 2. The van der Waals surface area contributed by atoms with Gasteiger partial charge in [0.25, 0.3) is 5.91 Å². The molecule has 4 rings (SSSR count). The first-order valence-corrected chi connectivity index (χ1v) is 11.3. The van der Waals surface area contributed by atoms with Crippen LogP contribution in [-0.2, 0) is 12.1 Å². The maximum Gasteiger partial charge on any atom is 0.273 e. The number of aromatic nitrogens is 1. The first-order chi connectivity index (χ1) is 15.0. The van der Waals surface area contributed by atoms with Crippen molar-refractivity contribution >= 4 is 34.0 Å². The van der Waals surface area contributed by atoms with Crippen LogP contribution in [0, 0.1) is 0 Å². The van der Waals surface area contributed by atoms with E-state index in [0.29, 0.717) is 48.3 Å². The summed E-state index contributed by atoms with van der Waals surface area (Å²) in [4.78, 5) is 19.1. The highest BCUT2D eigenvalue weighted by Crippen LogP contribution is 2.34. The molecule has 31 heavy (non-hydrogen) atoms. The zero-order valence-corrected chi connectivity index (χ0v) is 18.7. The van der Waals surface area contributed by atoms with Gasteiger partial charge in [0.1, 0.15) is 11.4 Å². The number of hydrogen-bond acceptors (Lipinski definition) is 6. The number of hydrogen-bond donors (Lipinski definition) is 2. The lowest BCUT2D eigenvalue weighted by atomic mass is 9.84. The van der Waals surface area contributed by atoms with Gasteiger partial charge in [-0.1, -0.05) is 35.9 Å². The summed E-state index contributed by atoms with van der Waals surface area (Å²) in [5, 5.41) is 17.4. The van der Waals surface area contributed by atoms with Crippen molar-refractivity contribution in [3.8, 4) is 5.75 Å². The number of methoxy groups -OCH3 is 1. The Balaban J connectivity index is 1.33. The number of benzene rings is 2. The number of piperidine rings is 1.